The highest BCUT2D eigenvalue weighted by molar-refractivity contribution is 4.81. The third kappa shape index (κ3) is 4.57. The number of piperidine rings is 1. The Kier molecular flexibility index (Phi) is 5.26. The predicted octanol–water partition coefficient (Wildman–Crippen LogP) is 1.54. The Balaban J connectivity index is 1.54. The van der Waals surface area contributed by atoms with Crippen molar-refractivity contribution in [3.05, 3.63) is 0 Å². The molecule has 3 heteroatoms. The van der Waals surface area contributed by atoms with Gasteiger partial charge in [0, 0.05) is 12.1 Å². The maximum absolute atomic E-state index is 3.60. The van der Waals surface area contributed by atoms with Crippen LogP contribution in [0.15, 0.2) is 0 Å². The highest BCUT2D eigenvalue weighted by atomic mass is 15.2. The fraction of sp³-hybridized carbons (Fsp3) is 1.00. The molecule has 1 aliphatic heterocycles. The molecule has 0 spiro atoms. The van der Waals surface area contributed by atoms with E-state index in [4.69, 9.17) is 0 Å². The molecule has 0 bridgehead atoms. The molecule has 1 N–H and O–H groups in total. The van der Waals surface area contributed by atoms with E-state index in [-0.39, 0.29) is 0 Å². The Morgan fingerprint density at radius 3 is 2.47 bits per heavy atom. The first-order valence-corrected chi connectivity index (χ1v) is 7.45. The summed E-state index contributed by atoms with van der Waals surface area (Å²) >= 11 is 0. The van der Waals surface area contributed by atoms with E-state index in [1.807, 2.05) is 0 Å². The third-order valence-corrected chi connectivity index (χ3v) is 4.33. The van der Waals surface area contributed by atoms with Crippen molar-refractivity contribution in [2.75, 3.05) is 39.8 Å². The summed E-state index contributed by atoms with van der Waals surface area (Å²) in [5.74, 6) is 0. The van der Waals surface area contributed by atoms with Crippen molar-refractivity contribution in [2.24, 2.45) is 0 Å². The number of hydrogen-bond acceptors (Lipinski definition) is 3. The number of likely N-dealkylation sites (tertiary alicyclic amines) is 1. The van der Waals surface area contributed by atoms with Crippen LogP contribution in [-0.4, -0.2) is 61.7 Å². The van der Waals surface area contributed by atoms with Crippen LogP contribution in [0.4, 0.5) is 0 Å². The zero-order chi connectivity index (χ0) is 12.1. The van der Waals surface area contributed by atoms with Gasteiger partial charge < -0.3 is 15.1 Å². The van der Waals surface area contributed by atoms with Gasteiger partial charge in [0.1, 0.15) is 0 Å². The van der Waals surface area contributed by atoms with Gasteiger partial charge in [0.15, 0.2) is 0 Å². The van der Waals surface area contributed by atoms with Gasteiger partial charge in [-0.25, -0.2) is 0 Å². The van der Waals surface area contributed by atoms with Gasteiger partial charge in [-0.2, -0.15) is 0 Å². The summed E-state index contributed by atoms with van der Waals surface area (Å²) in [4.78, 5) is 5.15. The highest BCUT2D eigenvalue weighted by Gasteiger charge is 2.22. The standard InChI is InChI=1S/C14H29N3/c1-3-17-11-7-14(8-12-17)16(2)10-4-9-15-13-5-6-13/h13-15H,3-12H2,1-2H3. The molecule has 0 aromatic carbocycles. The van der Waals surface area contributed by atoms with Gasteiger partial charge in [-0.15, -0.1) is 0 Å². The SMILES string of the molecule is CCN1CCC(N(C)CCCNC2CC2)CC1. The lowest BCUT2D eigenvalue weighted by Crippen LogP contribution is -2.43. The quantitative estimate of drug-likeness (QED) is 0.680. The Morgan fingerprint density at radius 1 is 1.18 bits per heavy atom. The second-order valence-electron chi connectivity index (χ2n) is 5.73. The largest absolute Gasteiger partial charge is 0.314 e. The molecule has 1 saturated carbocycles. The minimum Gasteiger partial charge on any atom is -0.314 e. The van der Waals surface area contributed by atoms with E-state index in [2.05, 4.69) is 29.1 Å². The molecule has 100 valence electrons. The molecule has 0 aromatic rings. The van der Waals surface area contributed by atoms with Crippen molar-refractivity contribution >= 4 is 0 Å². The van der Waals surface area contributed by atoms with Crippen LogP contribution in [-0.2, 0) is 0 Å². The van der Waals surface area contributed by atoms with E-state index in [0.717, 1.165) is 12.1 Å². The predicted molar refractivity (Wildman–Crippen MR) is 73.4 cm³/mol. The van der Waals surface area contributed by atoms with Crippen LogP contribution < -0.4 is 5.32 Å². The molecule has 17 heavy (non-hydrogen) atoms. The maximum atomic E-state index is 3.60. The van der Waals surface area contributed by atoms with Crippen LogP contribution in [0, 0.1) is 0 Å². The Morgan fingerprint density at radius 2 is 1.88 bits per heavy atom. The smallest absolute Gasteiger partial charge is 0.0117 e. The Hall–Kier alpha value is -0.120. The molecule has 1 saturated heterocycles. The van der Waals surface area contributed by atoms with E-state index in [9.17, 15) is 0 Å². The van der Waals surface area contributed by atoms with Crippen molar-refractivity contribution in [2.45, 2.75) is 51.1 Å². The number of nitrogens with zero attached hydrogens (tertiary/aromatic N) is 2. The van der Waals surface area contributed by atoms with Gasteiger partial charge in [0.25, 0.3) is 0 Å². The number of hydrogen-bond donors (Lipinski definition) is 1. The summed E-state index contributed by atoms with van der Waals surface area (Å²) in [5.41, 5.74) is 0. The Labute approximate surface area is 107 Å². The molecular weight excluding hydrogens is 210 g/mol. The van der Waals surface area contributed by atoms with Crippen molar-refractivity contribution in [3.8, 4) is 0 Å². The molecule has 2 aliphatic rings. The van der Waals surface area contributed by atoms with E-state index < -0.39 is 0 Å². The van der Waals surface area contributed by atoms with Crippen molar-refractivity contribution in [1.82, 2.24) is 15.1 Å². The Bertz CT molecular complexity index is 208. The van der Waals surface area contributed by atoms with E-state index >= 15 is 0 Å². The number of nitrogens with one attached hydrogen (secondary N) is 1. The summed E-state index contributed by atoms with van der Waals surface area (Å²) in [7, 11) is 2.31. The second-order valence-corrected chi connectivity index (χ2v) is 5.73. The average Bonchev–Trinajstić information content (AvgIpc) is 3.18. The van der Waals surface area contributed by atoms with Gasteiger partial charge in [-0.3, -0.25) is 0 Å². The van der Waals surface area contributed by atoms with Crippen molar-refractivity contribution in [1.29, 1.82) is 0 Å². The summed E-state index contributed by atoms with van der Waals surface area (Å²) < 4.78 is 0. The second kappa shape index (κ2) is 6.72. The highest BCUT2D eigenvalue weighted by Crippen LogP contribution is 2.18. The fourth-order valence-corrected chi connectivity index (χ4v) is 2.78. The van der Waals surface area contributed by atoms with Crippen molar-refractivity contribution < 1.29 is 0 Å². The summed E-state index contributed by atoms with van der Waals surface area (Å²) in [6, 6.07) is 1.70. The van der Waals surface area contributed by atoms with Gasteiger partial charge in [0.05, 0.1) is 0 Å². The molecule has 0 radical (unpaired) electrons. The van der Waals surface area contributed by atoms with E-state index in [0.29, 0.717) is 0 Å². The van der Waals surface area contributed by atoms with Gasteiger partial charge >= 0.3 is 0 Å². The monoisotopic (exact) mass is 239 g/mol. The zero-order valence-electron chi connectivity index (χ0n) is 11.6. The molecule has 0 amide bonds. The topological polar surface area (TPSA) is 18.5 Å². The summed E-state index contributed by atoms with van der Waals surface area (Å²) in [5, 5.41) is 3.60. The van der Waals surface area contributed by atoms with Crippen LogP contribution in [0.1, 0.15) is 39.0 Å². The van der Waals surface area contributed by atoms with Crippen LogP contribution in [0.3, 0.4) is 0 Å². The lowest BCUT2D eigenvalue weighted by molar-refractivity contribution is 0.131. The maximum Gasteiger partial charge on any atom is 0.0117 e. The first-order valence-electron chi connectivity index (χ1n) is 7.45. The fourth-order valence-electron chi connectivity index (χ4n) is 2.78. The molecular formula is C14H29N3. The number of rotatable bonds is 7. The molecule has 0 atom stereocenters. The van der Waals surface area contributed by atoms with Crippen LogP contribution in [0.5, 0.6) is 0 Å². The molecule has 0 unspecified atom stereocenters. The normalized spacial score (nSPS) is 23.5. The van der Waals surface area contributed by atoms with Gasteiger partial charge in [-0.1, -0.05) is 6.92 Å². The average molecular weight is 239 g/mol. The van der Waals surface area contributed by atoms with Gasteiger partial charge in [-0.05, 0) is 71.9 Å². The molecule has 3 nitrogen and oxygen atoms in total. The lowest BCUT2D eigenvalue weighted by atomic mass is 10.0. The first kappa shape index (κ1) is 13.3. The van der Waals surface area contributed by atoms with Crippen LogP contribution >= 0.6 is 0 Å². The van der Waals surface area contributed by atoms with Crippen LogP contribution in [0.2, 0.25) is 0 Å². The molecule has 1 heterocycles. The molecule has 1 aliphatic carbocycles. The summed E-state index contributed by atoms with van der Waals surface area (Å²) in [6.45, 7) is 8.56. The van der Waals surface area contributed by atoms with Crippen molar-refractivity contribution in [3.63, 3.8) is 0 Å². The molecule has 2 fully saturated rings. The molecule has 0 aromatic heterocycles. The van der Waals surface area contributed by atoms with E-state index in [1.54, 1.807) is 0 Å². The van der Waals surface area contributed by atoms with Crippen LogP contribution in [0.25, 0.3) is 0 Å². The third-order valence-electron chi connectivity index (χ3n) is 4.33. The summed E-state index contributed by atoms with van der Waals surface area (Å²) in [6.07, 6.45) is 6.85. The molecule has 2 rings (SSSR count). The lowest BCUT2D eigenvalue weighted by Gasteiger charge is -2.36. The minimum atomic E-state index is 0.832. The minimum absolute atomic E-state index is 0.832. The van der Waals surface area contributed by atoms with E-state index in [1.165, 1.54) is 64.8 Å². The van der Waals surface area contributed by atoms with Gasteiger partial charge in [0.2, 0.25) is 0 Å². The first-order chi connectivity index (χ1) is 8.29. The zero-order valence-corrected chi connectivity index (χ0v) is 11.6.